The fourth-order valence-corrected chi connectivity index (χ4v) is 6.75. The fraction of sp³-hybridized carbons (Fsp3) is 0.351. The van der Waals surface area contributed by atoms with Crippen molar-refractivity contribution in [2.45, 2.75) is 57.2 Å². The SMILES string of the molecule is COc1ccc2c(c1)[C@](O)([C@@H](C)/C=C/CC(=O)N1CCC[C@H]1CO)C(=O)N2Cc1cccc(N2N=C(c3ccccc3)CCC2=O)c1. The van der Waals surface area contributed by atoms with Gasteiger partial charge in [-0.1, -0.05) is 61.5 Å². The minimum absolute atomic E-state index is 0.0618. The molecule has 6 rings (SSSR count). The first-order valence-electron chi connectivity index (χ1n) is 16.1. The molecule has 0 saturated carbocycles. The summed E-state index contributed by atoms with van der Waals surface area (Å²) in [5.41, 5.74) is 2.23. The van der Waals surface area contributed by atoms with Gasteiger partial charge in [-0.25, -0.2) is 5.01 Å². The number of carbonyl (C=O) groups excluding carboxylic acids is 3. The maximum Gasteiger partial charge on any atom is 0.264 e. The number of aliphatic hydroxyl groups is 2. The van der Waals surface area contributed by atoms with Crippen LogP contribution in [0.4, 0.5) is 11.4 Å². The van der Waals surface area contributed by atoms with Crippen molar-refractivity contribution in [3.63, 3.8) is 0 Å². The average molecular weight is 637 g/mol. The van der Waals surface area contributed by atoms with Crippen LogP contribution < -0.4 is 14.6 Å². The summed E-state index contributed by atoms with van der Waals surface area (Å²) in [4.78, 5) is 43.2. The summed E-state index contributed by atoms with van der Waals surface area (Å²) < 4.78 is 5.45. The molecule has 3 aliphatic rings. The topological polar surface area (TPSA) is 123 Å². The Labute approximate surface area is 274 Å². The molecule has 3 atom stereocenters. The standard InChI is InChI=1S/C37H40N4O6/c1-25(9-6-15-34(43)39-20-8-14-29(39)24-42)37(46)31-22-30(47-2)16-18-33(31)40(36(37)45)23-26-10-7-13-28(21-26)41-35(44)19-17-32(38-41)27-11-4-3-5-12-27/h3-7,9-13,16,18,21-22,25,29,42,46H,8,14-15,17,19-20,23-24H2,1-2H3/b9-6+/t25-,29-,37+/m0/s1. The zero-order chi connectivity index (χ0) is 33.1. The lowest BCUT2D eigenvalue weighted by molar-refractivity contribution is -0.139. The number of anilines is 2. The van der Waals surface area contributed by atoms with Crippen LogP contribution in [0.2, 0.25) is 0 Å². The van der Waals surface area contributed by atoms with Gasteiger partial charge in [0.25, 0.3) is 5.91 Å². The molecule has 2 N–H and O–H groups in total. The van der Waals surface area contributed by atoms with E-state index in [1.165, 1.54) is 12.1 Å². The Hall–Kier alpha value is -4.80. The first-order chi connectivity index (χ1) is 22.7. The molecular weight excluding hydrogens is 596 g/mol. The Bertz CT molecular complexity index is 1720. The van der Waals surface area contributed by atoms with E-state index in [4.69, 9.17) is 4.74 Å². The van der Waals surface area contributed by atoms with Crippen LogP contribution in [0.5, 0.6) is 5.75 Å². The summed E-state index contributed by atoms with van der Waals surface area (Å²) in [6, 6.07) is 22.2. The number of amides is 3. The maximum absolute atomic E-state index is 14.2. The van der Waals surface area contributed by atoms with Crippen LogP contribution in [0.1, 0.15) is 55.7 Å². The number of rotatable bonds is 10. The Kier molecular flexibility index (Phi) is 9.24. The number of hydrogen-bond donors (Lipinski definition) is 2. The zero-order valence-electron chi connectivity index (χ0n) is 26.7. The number of methoxy groups -OCH3 is 1. The first kappa shape index (κ1) is 32.2. The van der Waals surface area contributed by atoms with E-state index >= 15 is 0 Å². The molecule has 47 heavy (non-hydrogen) atoms. The summed E-state index contributed by atoms with van der Waals surface area (Å²) in [6.45, 7) is 2.46. The lowest BCUT2D eigenvalue weighted by Crippen LogP contribution is -2.44. The minimum Gasteiger partial charge on any atom is -0.497 e. The van der Waals surface area contributed by atoms with E-state index in [9.17, 15) is 24.6 Å². The van der Waals surface area contributed by atoms with E-state index in [0.717, 1.165) is 29.7 Å². The van der Waals surface area contributed by atoms with Crippen LogP contribution in [0.15, 0.2) is 90.0 Å². The van der Waals surface area contributed by atoms with Crippen molar-refractivity contribution in [3.8, 4) is 5.75 Å². The zero-order valence-corrected chi connectivity index (χ0v) is 26.7. The summed E-state index contributed by atoms with van der Waals surface area (Å²) in [6.07, 6.45) is 6.04. The highest BCUT2D eigenvalue weighted by atomic mass is 16.5. The van der Waals surface area contributed by atoms with Gasteiger partial charge >= 0.3 is 0 Å². The molecular formula is C37H40N4O6. The van der Waals surface area contributed by atoms with Gasteiger partial charge in [-0.15, -0.1) is 0 Å². The number of fused-ring (bicyclic) bond motifs is 1. The number of carbonyl (C=O) groups is 3. The van der Waals surface area contributed by atoms with Crippen LogP contribution >= 0.6 is 0 Å². The maximum atomic E-state index is 14.2. The highest BCUT2D eigenvalue weighted by molar-refractivity contribution is 6.09. The third kappa shape index (κ3) is 6.18. The van der Waals surface area contributed by atoms with E-state index in [-0.39, 0.29) is 37.4 Å². The number of benzene rings is 3. The number of hydrogen-bond acceptors (Lipinski definition) is 7. The molecule has 3 amide bonds. The summed E-state index contributed by atoms with van der Waals surface area (Å²) in [5.74, 6) is -0.862. The van der Waals surface area contributed by atoms with Crippen LogP contribution in [-0.2, 0) is 26.5 Å². The quantitative estimate of drug-likeness (QED) is 0.316. The monoisotopic (exact) mass is 636 g/mol. The molecule has 10 heteroatoms. The third-order valence-corrected chi connectivity index (χ3v) is 9.40. The molecule has 0 spiro atoms. The van der Waals surface area contributed by atoms with Crippen molar-refractivity contribution in [2.75, 3.05) is 30.2 Å². The molecule has 1 saturated heterocycles. The van der Waals surface area contributed by atoms with Crippen molar-refractivity contribution >= 4 is 34.8 Å². The van der Waals surface area contributed by atoms with E-state index in [2.05, 4.69) is 5.10 Å². The van der Waals surface area contributed by atoms with E-state index in [1.54, 1.807) is 47.1 Å². The summed E-state index contributed by atoms with van der Waals surface area (Å²) >= 11 is 0. The van der Waals surface area contributed by atoms with Crippen molar-refractivity contribution in [1.29, 1.82) is 0 Å². The third-order valence-electron chi connectivity index (χ3n) is 9.40. The first-order valence-corrected chi connectivity index (χ1v) is 16.1. The molecule has 0 aliphatic carbocycles. The Balaban J connectivity index is 1.25. The average Bonchev–Trinajstić information content (AvgIpc) is 3.67. The minimum atomic E-state index is -1.90. The van der Waals surface area contributed by atoms with Crippen LogP contribution in [0.3, 0.4) is 0 Å². The van der Waals surface area contributed by atoms with Crippen LogP contribution in [0, 0.1) is 5.92 Å². The number of aliphatic hydroxyl groups excluding tert-OH is 1. The highest BCUT2D eigenvalue weighted by Crippen LogP contribution is 2.47. The largest absolute Gasteiger partial charge is 0.497 e. The lowest BCUT2D eigenvalue weighted by Gasteiger charge is -2.28. The van der Waals surface area contributed by atoms with Crippen molar-refractivity contribution in [2.24, 2.45) is 11.0 Å². The van der Waals surface area contributed by atoms with Gasteiger partial charge in [0.2, 0.25) is 11.8 Å². The highest BCUT2D eigenvalue weighted by Gasteiger charge is 2.52. The fourth-order valence-electron chi connectivity index (χ4n) is 6.75. The van der Waals surface area contributed by atoms with E-state index in [0.29, 0.717) is 42.1 Å². The van der Waals surface area contributed by atoms with Gasteiger partial charge < -0.3 is 24.7 Å². The lowest BCUT2D eigenvalue weighted by atomic mass is 9.83. The molecule has 1 fully saturated rings. The molecule has 3 aliphatic heterocycles. The van der Waals surface area contributed by atoms with Crippen LogP contribution in [-0.4, -0.2) is 64.8 Å². The molecule has 0 unspecified atom stereocenters. The van der Waals surface area contributed by atoms with Gasteiger partial charge in [0.15, 0.2) is 5.60 Å². The molecule has 3 aromatic rings. The second-order valence-electron chi connectivity index (χ2n) is 12.3. The number of nitrogens with zero attached hydrogens (tertiary/aromatic N) is 4. The second-order valence-corrected chi connectivity index (χ2v) is 12.3. The predicted molar refractivity (Wildman–Crippen MR) is 179 cm³/mol. The van der Waals surface area contributed by atoms with Gasteiger partial charge in [-0.05, 0) is 54.3 Å². The summed E-state index contributed by atoms with van der Waals surface area (Å²) in [7, 11) is 1.53. The van der Waals surface area contributed by atoms with E-state index in [1.807, 2.05) is 54.6 Å². The Morgan fingerprint density at radius 2 is 1.89 bits per heavy atom. The predicted octanol–water partition coefficient (Wildman–Crippen LogP) is 4.53. The van der Waals surface area contributed by atoms with Gasteiger partial charge in [-0.3, -0.25) is 14.4 Å². The Morgan fingerprint density at radius 1 is 1.09 bits per heavy atom. The Morgan fingerprint density at radius 3 is 2.66 bits per heavy atom. The number of ether oxygens (including phenoxy) is 1. The van der Waals surface area contributed by atoms with Gasteiger partial charge in [-0.2, -0.15) is 5.10 Å². The molecule has 3 aromatic carbocycles. The molecule has 0 bridgehead atoms. The van der Waals surface area contributed by atoms with E-state index < -0.39 is 17.4 Å². The van der Waals surface area contributed by atoms with Gasteiger partial charge in [0.05, 0.1) is 43.4 Å². The smallest absolute Gasteiger partial charge is 0.264 e. The summed E-state index contributed by atoms with van der Waals surface area (Å²) in [5, 5.41) is 27.9. The second kappa shape index (κ2) is 13.5. The van der Waals surface area contributed by atoms with Gasteiger partial charge in [0, 0.05) is 37.3 Å². The molecule has 0 aromatic heterocycles. The molecule has 3 heterocycles. The van der Waals surface area contributed by atoms with Crippen LogP contribution in [0.25, 0.3) is 0 Å². The normalized spacial score (nSPS) is 21.7. The van der Waals surface area contributed by atoms with Crippen molar-refractivity contribution < 1.29 is 29.3 Å². The molecule has 0 radical (unpaired) electrons. The number of hydrazone groups is 1. The molecule has 244 valence electrons. The van der Waals surface area contributed by atoms with Gasteiger partial charge in [0.1, 0.15) is 5.75 Å². The number of likely N-dealkylation sites (tertiary alicyclic amines) is 1. The van der Waals surface area contributed by atoms with Crippen molar-refractivity contribution in [3.05, 3.63) is 102 Å². The molecule has 10 nitrogen and oxygen atoms in total. The van der Waals surface area contributed by atoms with Crippen molar-refractivity contribution in [1.82, 2.24) is 4.90 Å².